The molecule has 0 spiro atoms. The Labute approximate surface area is 150 Å². The van der Waals surface area contributed by atoms with E-state index in [0.29, 0.717) is 11.3 Å². The number of benzene rings is 2. The Bertz CT molecular complexity index is 1100. The topological polar surface area (TPSA) is 72.7 Å². The van der Waals surface area contributed by atoms with Gasteiger partial charge in [-0.3, -0.25) is 9.78 Å². The summed E-state index contributed by atoms with van der Waals surface area (Å²) in [6.45, 7) is 3.91. The Morgan fingerprint density at radius 3 is 2.50 bits per heavy atom. The number of fused-ring (bicyclic) bond motifs is 1. The monoisotopic (exact) mass is 343 g/mol. The van der Waals surface area contributed by atoms with Gasteiger partial charge in [0.2, 0.25) is 0 Å². The van der Waals surface area contributed by atoms with Gasteiger partial charge in [0.1, 0.15) is 11.5 Å². The summed E-state index contributed by atoms with van der Waals surface area (Å²) in [6, 6.07) is 17.2. The van der Waals surface area contributed by atoms with Crippen LogP contribution in [0.2, 0.25) is 0 Å². The minimum Gasteiger partial charge on any atom is -0.305 e. The van der Waals surface area contributed by atoms with Gasteiger partial charge in [-0.15, -0.1) is 0 Å². The molecule has 0 atom stereocenters. The number of nitrogens with zero attached hydrogens (tertiary/aromatic N) is 4. The first-order valence-corrected chi connectivity index (χ1v) is 8.27. The van der Waals surface area contributed by atoms with Gasteiger partial charge in [-0.05, 0) is 38.1 Å². The summed E-state index contributed by atoms with van der Waals surface area (Å²) in [5.74, 6) is 0.267. The first kappa shape index (κ1) is 16.0. The zero-order valence-electron chi connectivity index (χ0n) is 14.5. The lowest BCUT2D eigenvalue weighted by Gasteiger charge is -2.09. The number of carbonyl (C=O) groups is 1. The Kier molecular flexibility index (Phi) is 3.93. The van der Waals surface area contributed by atoms with Crippen molar-refractivity contribution in [2.45, 2.75) is 13.8 Å². The number of carbonyl (C=O) groups excluding carboxylic acids is 1. The molecule has 6 nitrogen and oxygen atoms in total. The average Bonchev–Trinajstić information content (AvgIpc) is 3.02. The molecule has 0 unspecified atom stereocenters. The molecule has 0 saturated carbocycles. The lowest BCUT2D eigenvalue weighted by atomic mass is 10.2. The van der Waals surface area contributed by atoms with E-state index in [4.69, 9.17) is 0 Å². The number of aryl methyl sites for hydroxylation is 2. The second kappa shape index (κ2) is 6.40. The van der Waals surface area contributed by atoms with Crippen molar-refractivity contribution in [3.63, 3.8) is 0 Å². The first-order valence-electron chi connectivity index (χ1n) is 8.27. The van der Waals surface area contributed by atoms with E-state index in [0.717, 1.165) is 22.5 Å². The molecule has 1 N–H and O–H groups in total. The lowest BCUT2D eigenvalue weighted by Crippen LogP contribution is -2.16. The molecule has 0 saturated heterocycles. The maximum atomic E-state index is 12.6. The van der Waals surface area contributed by atoms with Crippen LogP contribution in [0.5, 0.6) is 0 Å². The van der Waals surface area contributed by atoms with Crippen molar-refractivity contribution >= 4 is 22.8 Å². The average molecular weight is 343 g/mol. The standard InChI is InChI=1S/C20H17N5O/c1-13-7-9-15(10-8-13)25-19(11-14(2)24-25)23-20(26)18-12-21-16-5-3-4-6-17(16)22-18/h3-12H,1-2H3,(H,23,26). The number of para-hydroxylation sites is 2. The number of anilines is 1. The molecular formula is C20H17N5O. The summed E-state index contributed by atoms with van der Waals surface area (Å²) in [5, 5.41) is 7.36. The molecule has 0 aliphatic rings. The quantitative estimate of drug-likeness (QED) is 0.616. The highest BCUT2D eigenvalue weighted by atomic mass is 16.2. The van der Waals surface area contributed by atoms with E-state index >= 15 is 0 Å². The zero-order chi connectivity index (χ0) is 18.1. The van der Waals surface area contributed by atoms with Crippen molar-refractivity contribution in [2.24, 2.45) is 0 Å². The number of aromatic nitrogens is 4. The normalized spacial score (nSPS) is 10.8. The van der Waals surface area contributed by atoms with Gasteiger partial charge in [0.25, 0.3) is 5.91 Å². The van der Waals surface area contributed by atoms with E-state index in [1.54, 1.807) is 4.68 Å². The van der Waals surface area contributed by atoms with Crippen LogP contribution in [0, 0.1) is 13.8 Å². The molecule has 4 aromatic rings. The highest BCUT2D eigenvalue weighted by Gasteiger charge is 2.14. The van der Waals surface area contributed by atoms with Gasteiger partial charge in [-0.25, -0.2) is 9.67 Å². The van der Waals surface area contributed by atoms with Gasteiger partial charge >= 0.3 is 0 Å². The maximum Gasteiger partial charge on any atom is 0.277 e. The molecule has 0 aliphatic carbocycles. The smallest absolute Gasteiger partial charge is 0.277 e. The van der Waals surface area contributed by atoms with Gasteiger partial charge in [0, 0.05) is 6.07 Å². The van der Waals surface area contributed by atoms with Crippen LogP contribution in [-0.4, -0.2) is 25.7 Å². The van der Waals surface area contributed by atoms with Crippen molar-refractivity contribution < 1.29 is 4.79 Å². The number of rotatable bonds is 3. The summed E-state index contributed by atoms with van der Waals surface area (Å²) in [6.07, 6.45) is 1.48. The van der Waals surface area contributed by atoms with Crippen LogP contribution >= 0.6 is 0 Å². The predicted octanol–water partition coefficient (Wildman–Crippen LogP) is 3.68. The summed E-state index contributed by atoms with van der Waals surface area (Å²) in [5.41, 5.74) is 4.55. The summed E-state index contributed by atoms with van der Waals surface area (Å²) in [4.78, 5) is 21.3. The van der Waals surface area contributed by atoms with Gasteiger partial charge < -0.3 is 5.32 Å². The Morgan fingerprint density at radius 1 is 1.00 bits per heavy atom. The maximum absolute atomic E-state index is 12.6. The van der Waals surface area contributed by atoms with Crippen molar-refractivity contribution in [1.29, 1.82) is 0 Å². The molecule has 4 rings (SSSR count). The van der Waals surface area contributed by atoms with Crippen LogP contribution < -0.4 is 5.32 Å². The molecule has 2 aromatic heterocycles. The van der Waals surface area contributed by atoms with Crippen LogP contribution in [0.1, 0.15) is 21.7 Å². The van der Waals surface area contributed by atoms with E-state index in [9.17, 15) is 4.79 Å². The minimum atomic E-state index is -0.323. The van der Waals surface area contributed by atoms with Crippen molar-refractivity contribution in [3.05, 3.63) is 77.7 Å². The summed E-state index contributed by atoms with van der Waals surface area (Å²) >= 11 is 0. The van der Waals surface area contributed by atoms with Crippen molar-refractivity contribution in [3.8, 4) is 5.69 Å². The van der Waals surface area contributed by atoms with Crippen LogP contribution in [0.15, 0.2) is 60.8 Å². The zero-order valence-corrected chi connectivity index (χ0v) is 14.5. The van der Waals surface area contributed by atoms with Crippen LogP contribution in [0.25, 0.3) is 16.7 Å². The van der Waals surface area contributed by atoms with E-state index < -0.39 is 0 Å². The number of hydrogen-bond donors (Lipinski definition) is 1. The largest absolute Gasteiger partial charge is 0.305 e. The molecule has 2 heterocycles. The molecule has 0 fully saturated rings. The third-order valence-corrected chi connectivity index (χ3v) is 4.03. The van der Waals surface area contributed by atoms with E-state index in [1.807, 2.05) is 68.4 Å². The summed E-state index contributed by atoms with van der Waals surface area (Å²) < 4.78 is 1.71. The molecule has 26 heavy (non-hydrogen) atoms. The fourth-order valence-corrected chi connectivity index (χ4v) is 2.72. The first-order chi connectivity index (χ1) is 12.6. The summed E-state index contributed by atoms with van der Waals surface area (Å²) in [7, 11) is 0. The molecule has 128 valence electrons. The number of nitrogens with one attached hydrogen (secondary N) is 1. The SMILES string of the molecule is Cc1ccc(-n2nc(C)cc2NC(=O)c2cnc3ccccc3n2)cc1. The van der Waals surface area contributed by atoms with Crippen molar-refractivity contribution in [2.75, 3.05) is 5.32 Å². The number of hydrogen-bond acceptors (Lipinski definition) is 4. The van der Waals surface area contributed by atoms with Gasteiger partial charge in [-0.2, -0.15) is 5.10 Å². The van der Waals surface area contributed by atoms with Crippen LogP contribution in [-0.2, 0) is 0 Å². The molecule has 0 radical (unpaired) electrons. The van der Waals surface area contributed by atoms with E-state index in [1.165, 1.54) is 6.20 Å². The third kappa shape index (κ3) is 3.04. The molecule has 0 aliphatic heterocycles. The van der Waals surface area contributed by atoms with E-state index in [-0.39, 0.29) is 11.6 Å². The fourth-order valence-electron chi connectivity index (χ4n) is 2.72. The second-order valence-electron chi connectivity index (χ2n) is 6.12. The number of amides is 1. The molecule has 1 amide bonds. The molecule has 2 aromatic carbocycles. The lowest BCUT2D eigenvalue weighted by molar-refractivity contribution is 0.102. The molecule has 0 bridgehead atoms. The van der Waals surface area contributed by atoms with E-state index in [2.05, 4.69) is 20.4 Å². The third-order valence-electron chi connectivity index (χ3n) is 4.03. The predicted molar refractivity (Wildman–Crippen MR) is 101 cm³/mol. The Morgan fingerprint density at radius 2 is 1.73 bits per heavy atom. The van der Waals surface area contributed by atoms with Crippen LogP contribution in [0.3, 0.4) is 0 Å². The van der Waals surface area contributed by atoms with Crippen molar-refractivity contribution in [1.82, 2.24) is 19.7 Å². The highest BCUT2D eigenvalue weighted by molar-refractivity contribution is 6.03. The van der Waals surface area contributed by atoms with Gasteiger partial charge in [0.05, 0.1) is 28.6 Å². The molecular weight excluding hydrogens is 326 g/mol. The van der Waals surface area contributed by atoms with Crippen LogP contribution in [0.4, 0.5) is 5.82 Å². The van der Waals surface area contributed by atoms with Gasteiger partial charge in [0.15, 0.2) is 0 Å². The highest BCUT2D eigenvalue weighted by Crippen LogP contribution is 2.18. The Hall–Kier alpha value is -3.54. The molecule has 6 heteroatoms. The second-order valence-corrected chi connectivity index (χ2v) is 6.12. The fraction of sp³-hybridized carbons (Fsp3) is 0.100. The Balaban J connectivity index is 1.66. The van der Waals surface area contributed by atoms with Gasteiger partial charge in [-0.1, -0.05) is 29.8 Å². The minimum absolute atomic E-state index is 0.262.